The SMILES string of the molecule is CC(=O)N(CCc1ccccc1)Cc1cc(C(=O)N(C)Cc2cc3ccccc3n2C)ccc1N. The van der Waals surface area contributed by atoms with E-state index < -0.39 is 0 Å². The number of aryl methyl sites for hydroxylation is 1. The smallest absolute Gasteiger partial charge is 0.253 e. The molecule has 180 valence electrons. The Hall–Kier alpha value is -4.06. The number of anilines is 1. The van der Waals surface area contributed by atoms with Crippen molar-refractivity contribution in [3.63, 3.8) is 0 Å². The summed E-state index contributed by atoms with van der Waals surface area (Å²) in [5.41, 5.74) is 11.5. The van der Waals surface area contributed by atoms with Crippen LogP contribution in [-0.4, -0.2) is 39.8 Å². The molecule has 0 aliphatic heterocycles. The number of amides is 2. The number of fused-ring (bicyclic) bond motifs is 1. The van der Waals surface area contributed by atoms with Gasteiger partial charge in [0.15, 0.2) is 0 Å². The second kappa shape index (κ2) is 10.5. The summed E-state index contributed by atoms with van der Waals surface area (Å²) in [5, 5.41) is 1.15. The molecule has 3 aromatic carbocycles. The number of benzene rings is 3. The zero-order chi connectivity index (χ0) is 24.9. The lowest BCUT2D eigenvalue weighted by Gasteiger charge is -2.23. The number of carbonyl (C=O) groups is 2. The number of hydrogen-bond donors (Lipinski definition) is 1. The summed E-state index contributed by atoms with van der Waals surface area (Å²) >= 11 is 0. The number of para-hydroxylation sites is 1. The summed E-state index contributed by atoms with van der Waals surface area (Å²) in [5.74, 6) is -0.111. The second-order valence-corrected chi connectivity index (χ2v) is 9.00. The molecule has 2 amide bonds. The highest BCUT2D eigenvalue weighted by Crippen LogP contribution is 2.22. The van der Waals surface area contributed by atoms with E-state index >= 15 is 0 Å². The van der Waals surface area contributed by atoms with Gasteiger partial charge in [-0.25, -0.2) is 0 Å². The normalized spacial score (nSPS) is 10.9. The zero-order valence-corrected chi connectivity index (χ0v) is 20.6. The van der Waals surface area contributed by atoms with Crippen molar-refractivity contribution in [2.75, 3.05) is 19.3 Å². The first-order valence-corrected chi connectivity index (χ1v) is 11.8. The highest BCUT2D eigenvalue weighted by Gasteiger charge is 2.18. The van der Waals surface area contributed by atoms with Crippen LogP contribution in [0.2, 0.25) is 0 Å². The van der Waals surface area contributed by atoms with Crippen molar-refractivity contribution in [1.82, 2.24) is 14.4 Å². The second-order valence-electron chi connectivity index (χ2n) is 9.00. The Kier molecular flexibility index (Phi) is 7.20. The molecule has 4 aromatic rings. The minimum Gasteiger partial charge on any atom is -0.398 e. The van der Waals surface area contributed by atoms with Crippen molar-refractivity contribution in [2.24, 2.45) is 7.05 Å². The molecule has 4 rings (SSSR count). The minimum absolute atomic E-state index is 0.0232. The van der Waals surface area contributed by atoms with Gasteiger partial charge in [0.05, 0.1) is 6.54 Å². The molecule has 35 heavy (non-hydrogen) atoms. The number of aromatic nitrogens is 1. The molecule has 0 fully saturated rings. The molecule has 0 unspecified atom stereocenters. The van der Waals surface area contributed by atoms with Gasteiger partial charge in [-0.2, -0.15) is 0 Å². The summed E-state index contributed by atoms with van der Waals surface area (Å²) in [6.07, 6.45) is 0.757. The van der Waals surface area contributed by atoms with Gasteiger partial charge in [0.1, 0.15) is 0 Å². The van der Waals surface area contributed by atoms with E-state index in [2.05, 4.69) is 34.9 Å². The number of nitrogens with zero attached hydrogens (tertiary/aromatic N) is 3. The van der Waals surface area contributed by atoms with Gasteiger partial charge in [0, 0.05) is 56.6 Å². The molecule has 0 saturated heterocycles. The summed E-state index contributed by atoms with van der Waals surface area (Å²) in [6, 6.07) is 25.7. The van der Waals surface area contributed by atoms with Crippen molar-refractivity contribution in [3.8, 4) is 0 Å². The average Bonchev–Trinajstić information content (AvgIpc) is 3.17. The molecule has 1 aromatic heterocycles. The predicted molar refractivity (Wildman–Crippen MR) is 141 cm³/mol. The van der Waals surface area contributed by atoms with Gasteiger partial charge in [-0.05, 0) is 53.3 Å². The fraction of sp³-hybridized carbons (Fsp3) is 0.241. The molecule has 0 atom stereocenters. The van der Waals surface area contributed by atoms with Gasteiger partial charge in [-0.15, -0.1) is 0 Å². The quantitative estimate of drug-likeness (QED) is 0.384. The molecule has 2 N–H and O–H groups in total. The predicted octanol–water partition coefficient (Wildman–Crippen LogP) is 4.62. The van der Waals surface area contributed by atoms with Gasteiger partial charge < -0.3 is 20.1 Å². The van der Waals surface area contributed by atoms with Gasteiger partial charge >= 0.3 is 0 Å². The van der Waals surface area contributed by atoms with Crippen LogP contribution >= 0.6 is 0 Å². The monoisotopic (exact) mass is 468 g/mol. The number of hydrogen-bond acceptors (Lipinski definition) is 3. The molecule has 6 heteroatoms. The van der Waals surface area contributed by atoms with Crippen LogP contribution in [0.25, 0.3) is 10.9 Å². The minimum atomic E-state index is -0.0878. The van der Waals surface area contributed by atoms with Crippen LogP contribution < -0.4 is 5.73 Å². The first-order valence-electron chi connectivity index (χ1n) is 11.8. The Bertz CT molecular complexity index is 1340. The van der Waals surface area contributed by atoms with Crippen LogP contribution in [0.3, 0.4) is 0 Å². The largest absolute Gasteiger partial charge is 0.398 e. The number of nitrogens with two attached hydrogens (primary N) is 1. The molecule has 0 bridgehead atoms. The standard InChI is InChI=1S/C29H32N4O2/c1-21(34)33(16-15-22-9-5-4-6-10-22)19-25-17-24(13-14-27(25)30)29(35)31(2)20-26-18-23-11-7-8-12-28(23)32(26)3/h4-14,17-18H,15-16,19-20,30H2,1-3H3. The average molecular weight is 469 g/mol. The molecule has 0 spiro atoms. The molecular formula is C29H32N4O2. The molecule has 1 heterocycles. The van der Waals surface area contributed by atoms with Crippen molar-refractivity contribution in [1.29, 1.82) is 0 Å². The fourth-order valence-electron chi connectivity index (χ4n) is 4.37. The molecule has 0 saturated carbocycles. The maximum atomic E-state index is 13.3. The highest BCUT2D eigenvalue weighted by molar-refractivity contribution is 5.95. The molecule has 0 aliphatic carbocycles. The van der Waals surface area contributed by atoms with Gasteiger partial charge in [-0.3, -0.25) is 9.59 Å². The Morgan fingerprint density at radius 3 is 2.34 bits per heavy atom. The molecular weight excluding hydrogens is 436 g/mol. The fourth-order valence-corrected chi connectivity index (χ4v) is 4.37. The molecule has 6 nitrogen and oxygen atoms in total. The third-order valence-electron chi connectivity index (χ3n) is 6.51. The van der Waals surface area contributed by atoms with Crippen molar-refractivity contribution in [2.45, 2.75) is 26.4 Å². The van der Waals surface area contributed by atoms with Crippen molar-refractivity contribution in [3.05, 3.63) is 101 Å². The van der Waals surface area contributed by atoms with Crippen LogP contribution in [0.5, 0.6) is 0 Å². The lowest BCUT2D eigenvalue weighted by Crippen LogP contribution is -2.31. The molecule has 0 radical (unpaired) electrons. The van der Waals surface area contributed by atoms with E-state index in [9.17, 15) is 9.59 Å². The van der Waals surface area contributed by atoms with Crippen LogP contribution in [0.15, 0.2) is 78.9 Å². The van der Waals surface area contributed by atoms with E-state index in [1.165, 1.54) is 5.56 Å². The Labute approximate surface area is 206 Å². The van der Waals surface area contributed by atoms with E-state index in [1.54, 1.807) is 35.9 Å². The zero-order valence-electron chi connectivity index (χ0n) is 20.6. The van der Waals surface area contributed by atoms with Gasteiger partial charge in [0.25, 0.3) is 5.91 Å². The Morgan fingerprint density at radius 2 is 1.63 bits per heavy atom. The number of nitrogen functional groups attached to an aromatic ring is 1. The maximum Gasteiger partial charge on any atom is 0.253 e. The van der Waals surface area contributed by atoms with Crippen LogP contribution in [0.1, 0.15) is 34.1 Å². The lowest BCUT2D eigenvalue weighted by atomic mass is 10.1. The summed E-state index contributed by atoms with van der Waals surface area (Å²) in [4.78, 5) is 29.1. The Morgan fingerprint density at radius 1 is 0.914 bits per heavy atom. The Balaban J connectivity index is 1.48. The van der Waals surface area contributed by atoms with E-state index in [1.807, 2.05) is 43.4 Å². The number of carbonyl (C=O) groups excluding carboxylic acids is 2. The van der Waals surface area contributed by atoms with Crippen LogP contribution in [0.4, 0.5) is 5.69 Å². The van der Waals surface area contributed by atoms with Crippen molar-refractivity contribution < 1.29 is 9.59 Å². The van der Waals surface area contributed by atoms with E-state index in [4.69, 9.17) is 5.73 Å². The topological polar surface area (TPSA) is 71.6 Å². The molecule has 0 aliphatic rings. The third-order valence-corrected chi connectivity index (χ3v) is 6.51. The summed E-state index contributed by atoms with van der Waals surface area (Å²) in [6.45, 7) is 2.99. The van der Waals surface area contributed by atoms with Gasteiger partial charge in [0.2, 0.25) is 5.91 Å². The van der Waals surface area contributed by atoms with Crippen LogP contribution in [-0.2, 0) is 31.4 Å². The van der Waals surface area contributed by atoms with Crippen molar-refractivity contribution >= 4 is 28.4 Å². The van der Waals surface area contributed by atoms with Crippen LogP contribution in [0, 0.1) is 0 Å². The summed E-state index contributed by atoms with van der Waals surface area (Å²) in [7, 11) is 3.82. The van der Waals surface area contributed by atoms with E-state index in [-0.39, 0.29) is 11.8 Å². The van der Waals surface area contributed by atoms with E-state index in [0.29, 0.717) is 30.9 Å². The number of rotatable bonds is 8. The van der Waals surface area contributed by atoms with Gasteiger partial charge in [-0.1, -0.05) is 48.5 Å². The first kappa shape index (κ1) is 24.1. The maximum absolute atomic E-state index is 13.3. The third kappa shape index (κ3) is 5.54. The first-order chi connectivity index (χ1) is 16.8. The van der Waals surface area contributed by atoms with E-state index in [0.717, 1.165) is 28.6 Å². The summed E-state index contributed by atoms with van der Waals surface area (Å²) < 4.78 is 2.12. The highest BCUT2D eigenvalue weighted by atomic mass is 16.2. The lowest BCUT2D eigenvalue weighted by molar-refractivity contribution is -0.129.